The SMILES string of the molecule is O=C(O)c1ccc(-c2cc3c(F)cccc3[nH]2)[nH]1. The molecule has 90 valence electrons. The van der Waals surface area contributed by atoms with Gasteiger partial charge in [0.1, 0.15) is 11.5 Å². The molecule has 0 aliphatic carbocycles. The van der Waals surface area contributed by atoms with Gasteiger partial charge in [0.25, 0.3) is 0 Å². The lowest BCUT2D eigenvalue weighted by atomic mass is 10.2. The van der Waals surface area contributed by atoms with E-state index in [1.807, 2.05) is 0 Å². The van der Waals surface area contributed by atoms with Gasteiger partial charge in [0.15, 0.2) is 0 Å². The molecule has 0 saturated carbocycles. The summed E-state index contributed by atoms with van der Waals surface area (Å²) in [5.41, 5.74) is 2.05. The second-order valence-corrected chi connectivity index (χ2v) is 3.97. The van der Waals surface area contributed by atoms with Gasteiger partial charge < -0.3 is 15.1 Å². The van der Waals surface area contributed by atoms with Crippen molar-refractivity contribution in [2.45, 2.75) is 0 Å². The summed E-state index contributed by atoms with van der Waals surface area (Å²) >= 11 is 0. The van der Waals surface area contributed by atoms with E-state index < -0.39 is 5.97 Å². The fraction of sp³-hybridized carbons (Fsp3) is 0. The summed E-state index contributed by atoms with van der Waals surface area (Å²) in [6.45, 7) is 0. The third-order valence-electron chi connectivity index (χ3n) is 2.82. The van der Waals surface area contributed by atoms with E-state index in [4.69, 9.17) is 5.11 Å². The zero-order valence-corrected chi connectivity index (χ0v) is 9.20. The molecule has 0 aliphatic heterocycles. The Hall–Kier alpha value is -2.56. The van der Waals surface area contributed by atoms with E-state index in [2.05, 4.69) is 9.97 Å². The fourth-order valence-corrected chi connectivity index (χ4v) is 1.94. The van der Waals surface area contributed by atoms with E-state index in [1.165, 1.54) is 12.1 Å². The summed E-state index contributed by atoms with van der Waals surface area (Å²) in [5.74, 6) is -1.33. The van der Waals surface area contributed by atoms with Crippen LogP contribution in [0.4, 0.5) is 4.39 Å². The van der Waals surface area contributed by atoms with E-state index in [0.29, 0.717) is 22.3 Å². The van der Waals surface area contributed by atoms with Gasteiger partial charge in [-0.25, -0.2) is 9.18 Å². The molecule has 0 fully saturated rings. The fourth-order valence-electron chi connectivity index (χ4n) is 1.94. The van der Waals surface area contributed by atoms with Crippen molar-refractivity contribution in [1.82, 2.24) is 9.97 Å². The maximum absolute atomic E-state index is 13.5. The van der Waals surface area contributed by atoms with Gasteiger partial charge in [-0.2, -0.15) is 0 Å². The van der Waals surface area contributed by atoms with Crippen LogP contribution in [0, 0.1) is 5.82 Å². The average Bonchev–Trinajstić information content (AvgIpc) is 2.95. The van der Waals surface area contributed by atoms with Crippen LogP contribution in [0.2, 0.25) is 0 Å². The number of carboxylic acid groups (broad SMARTS) is 1. The number of aromatic amines is 2. The van der Waals surface area contributed by atoms with Gasteiger partial charge in [0.2, 0.25) is 0 Å². The largest absolute Gasteiger partial charge is 0.477 e. The normalized spacial score (nSPS) is 10.9. The van der Waals surface area contributed by atoms with Gasteiger partial charge in [-0.3, -0.25) is 0 Å². The van der Waals surface area contributed by atoms with Crippen molar-refractivity contribution in [2.75, 3.05) is 0 Å². The molecule has 3 rings (SSSR count). The molecular formula is C13H9FN2O2. The zero-order chi connectivity index (χ0) is 12.7. The van der Waals surface area contributed by atoms with Crippen molar-refractivity contribution in [2.24, 2.45) is 0 Å². The highest BCUT2D eigenvalue weighted by Gasteiger charge is 2.10. The molecule has 18 heavy (non-hydrogen) atoms. The highest BCUT2D eigenvalue weighted by molar-refractivity contribution is 5.89. The number of aromatic carboxylic acids is 1. The lowest BCUT2D eigenvalue weighted by molar-refractivity contribution is 0.0691. The molecule has 2 heterocycles. The number of fused-ring (bicyclic) bond motifs is 1. The Morgan fingerprint density at radius 3 is 2.61 bits per heavy atom. The number of carbonyl (C=O) groups is 1. The van der Waals surface area contributed by atoms with E-state index >= 15 is 0 Å². The van der Waals surface area contributed by atoms with Crippen LogP contribution in [0.3, 0.4) is 0 Å². The second kappa shape index (κ2) is 3.73. The third kappa shape index (κ3) is 1.57. The number of hydrogen-bond donors (Lipinski definition) is 3. The van der Waals surface area contributed by atoms with E-state index in [0.717, 1.165) is 0 Å². The predicted molar refractivity (Wildman–Crippen MR) is 65.0 cm³/mol. The number of benzene rings is 1. The van der Waals surface area contributed by atoms with Gasteiger partial charge in [-0.05, 0) is 30.3 Å². The molecular weight excluding hydrogens is 235 g/mol. The minimum Gasteiger partial charge on any atom is -0.477 e. The van der Waals surface area contributed by atoms with Gasteiger partial charge >= 0.3 is 5.97 Å². The van der Waals surface area contributed by atoms with Gasteiger partial charge in [-0.1, -0.05) is 6.07 Å². The molecule has 0 aliphatic rings. The molecule has 0 bridgehead atoms. The van der Waals surface area contributed by atoms with Crippen LogP contribution in [-0.2, 0) is 0 Å². The zero-order valence-electron chi connectivity index (χ0n) is 9.20. The Bertz CT molecular complexity index is 742. The van der Waals surface area contributed by atoms with E-state index in [1.54, 1.807) is 24.3 Å². The van der Waals surface area contributed by atoms with Crippen LogP contribution in [0.1, 0.15) is 10.5 Å². The molecule has 3 N–H and O–H groups in total. The standard InChI is InChI=1S/C13H9FN2O2/c14-8-2-1-3-9-7(8)6-12(15-9)10-4-5-11(16-10)13(17)18/h1-6,15-16H,(H,17,18). The number of halogens is 1. The number of hydrogen-bond acceptors (Lipinski definition) is 1. The highest BCUT2D eigenvalue weighted by Crippen LogP contribution is 2.25. The summed E-state index contributed by atoms with van der Waals surface area (Å²) in [5, 5.41) is 9.31. The van der Waals surface area contributed by atoms with E-state index in [-0.39, 0.29) is 11.5 Å². The number of carboxylic acids is 1. The minimum atomic E-state index is -1.02. The first kappa shape index (κ1) is 10.6. The van der Waals surface area contributed by atoms with Crippen LogP contribution >= 0.6 is 0 Å². The Balaban J connectivity index is 2.13. The number of nitrogens with one attached hydrogen (secondary N) is 2. The topological polar surface area (TPSA) is 68.9 Å². The molecule has 0 radical (unpaired) electrons. The third-order valence-corrected chi connectivity index (χ3v) is 2.82. The Labute approximate surface area is 101 Å². The number of rotatable bonds is 2. The van der Waals surface area contributed by atoms with Crippen LogP contribution in [0.25, 0.3) is 22.3 Å². The molecule has 3 aromatic rings. The summed E-state index contributed by atoms with van der Waals surface area (Å²) < 4.78 is 13.5. The number of aromatic nitrogens is 2. The molecule has 1 aromatic carbocycles. The maximum atomic E-state index is 13.5. The summed E-state index contributed by atoms with van der Waals surface area (Å²) in [6.07, 6.45) is 0. The monoisotopic (exact) mass is 244 g/mol. The Morgan fingerprint density at radius 1 is 1.11 bits per heavy atom. The number of H-pyrrole nitrogens is 2. The predicted octanol–water partition coefficient (Wildman–Crippen LogP) is 3.00. The van der Waals surface area contributed by atoms with Crippen molar-refractivity contribution in [3.8, 4) is 11.4 Å². The molecule has 0 spiro atoms. The smallest absolute Gasteiger partial charge is 0.352 e. The average molecular weight is 244 g/mol. The van der Waals surface area contributed by atoms with Crippen molar-refractivity contribution < 1.29 is 14.3 Å². The lowest BCUT2D eigenvalue weighted by Crippen LogP contribution is -1.95. The quantitative estimate of drug-likeness (QED) is 0.648. The minimum absolute atomic E-state index is 0.101. The molecule has 4 nitrogen and oxygen atoms in total. The lowest BCUT2D eigenvalue weighted by Gasteiger charge is -1.91. The molecule has 0 unspecified atom stereocenters. The first-order valence-electron chi connectivity index (χ1n) is 5.35. The van der Waals surface area contributed by atoms with Crippen LogP contribution in [0.15, 0.2) is 36.4 Å². The van der Waals surface area contributed by atoms with Gasteiger partial charge in [0.05, 0.1) is 11.4 Å². The van der Waals surface area contributed by atoms with Crippen molar-refractivity contribution in [1.29, 1.82) is 0 Å². The maximum Gasteiger partial charge on any atom is 0.352 e. The molecule has 5 heteroatoms. The Kier molecular flexibility index (Phi) is 2.19. The van der Waals surface area contributed by atoms with Crippen molar-refractivity contribution in [3.63, 3.8) is 0 Å². The van der Waals surface area contributed by atoms with E-state index in [9.17, 15) is 9.18 Å². The molecule has 0 amide bonds. The second-order valence-electron chi connectivity index (χ2n) is 3.97. The van der Waals surface area contributed by atoms with Gasteiger partial charge in [0, 0.05) is 10.9 Å². The molecule has 2 aromatic heterocycles. The summed E-state index contributed by atoms with van der Waals surface area (Å²) in [6, 6.07) is 9.55. The van der Waals surface area contributed by atoms with Crippen molar-refractivity contribution >= 4 is 16.9 Å². The molecule has 0 atom stereocenters. The van der Waals surface area contributed by atoms with Crippen LogP contribution in [0.5, 0.6) is 0 Å². The van der Waals surface area contributed by atoms with Crippen molar-refractivity contribution in [3.05, 3.63) is 47.9 Å². The summed E-state index contributed by atoms with van der Waals surface area (Å²) in [4.78, 5) is 16.6. The van der Waals surface area contributed by atoms with Crippen LogP contribution in [-0.4, -0.2) is 21.0 Å². The first-order chi connectivity index (χ1) is 8.65. The van der Waals surface area contributed by atoms with Crippen LogP contribution < -0.4 is 0 Å². The summed E-state index contributed by atoms with van der Waals surface area (Å²) in [7, 11) is 0. The Morgan fingerprint density at radius 2 is 1.94 bits per heavy atom. The van der Waals surface area contributed by atoms with Gasteiger partial charge in [-0.15, -0.1) is 0 Å². The first-order valence-corrected chi connectivity index (χ1v) is 5.35. The highest BCUT2D eigenvalue weighted by atomic mass is 19.1. The molecule has 0 saturated heterocycles.